The molecule has 0 saturated carbocycles. The van der Waals surface area contributed by atoms with Crippen LogP contribution < -0.4 is 51.4 Å². The Kier molecular flexibility index (Phi) is 5.21. The van der Waals surface area contributed by atoms with Crippen molar-refractivity contribution in [2.45, 2.75) is 4.90 Å². The van der Waals surface area contributed by atoms with Crippen molar-refractivity contribution in [3.8, 4) is 0 Å². The molecule has 3 rings (SSSR count). The van der Waals surface area contributed by atoms with Crippen LogP contribution >= 0.6 is 0 Å². The second-order valence-corrected chi connectivity index (χ2v) is 6.10. The number of nitro groups is 1. The van der Waals surface area contributed by atoms with Gasteiger partial charge in [-0.3, -0.25) is 19.7 Å². The number of ketones is 2. The van der Waals surface area contributed by atoms with Gasteiger partial charge in [0.2, 0.25) is 5.78 Å². The fourth-order valence-electron chi connectivity index (χ4n) is 2.55. The summed E-state index contributed by atoms with van der Waals surface area (Å²) in [4.78, 5) is 34.4. The van der Waals surface area contributed by atoms with Crippen molar-refractivity contribution in [2.75, 3.05) is 0 Å². The van der Waals surface area contributed by atoms with E-state index in [4.69, 9.17) is 0 Å². The van der Waals surface area contributed by atoms with Gasteiger partial charge < -0.3 is 4.55 Å². The van der Waals surface area contributed by atoms with Crippen molar-refractivity contribution < 1.29 is 78.9 Å². The molecule has 0 spiro atoms. The molecule has 0 saturated heterocycles. The molecule has 0 aliphatic heterocycles. The van der Waals surface area contributed by atoms with E-state index in [1.54, 1.807) is 0 Å². The Labute approximate surface area is 178 Å². The van der Waals surface area contributed by atoms with Gasteiger partial charge >= 0.3 is 51.4 Å². The van der Waals surface area contributed by atoms with Gasteiger partial charge in [0.05, 0.1) is 15.4 Å². The molecule has 0 aromatic heterocycles. The summed E-state index contributed by atoms with van der Waals surface area (Å²) in [5.74, 6) is -1.78. The number of nitro benzene ring substituents is 1. The molecule has 8 nitrogen and oxygen atoms in total. The molecule has 0 radical (unpaired) electrons. The number of fused-ring (bicyclic) bond motifs is 2. The molecular formula is C14H6KNO7S. The molecule has 2 aromatic rings. The summed E-state index contributed by atoms with van der Waals surface area (Å²) in [6.45, 7) is 0. The fourth-order valence-corrected chi connectivity index (χ4v) is 3.25. The summed E-state index contributed by atoms with van der Waals surface area (Å²) in [5, 5.41) is 11.1. The summed E-state index contributed by atoms with van der Waals surface area (Å²) in [5.41, 5.74) is -2.21. The van der Waals surface area contributed by atoms with Crippen LogP contribution in [-0.4, -0.2) is 29.5 Å². The molecule has 0 unspecified atom stereocenters. The quantitative estimate of drug-likeness (QED) is 0.226. The largest absolute Gasteiger partial charge is 1.00 e. The second kappa shape index (κ2) is 6.56. The third kappa shape index (κ3) is 2.90. The fraction of sp³-hybridized carbons (Fsp3) is 0. The topological polar surface area (TPSA) is 134 Å². The first-order valence-corrected chi connectivity index (χ1v) is 7.60. The van der Waals surface area contributed by atoms with Gasteiger partial charge in [-0.15, -0.1) is 0 Å². The zero-order valence-corrected chi connectivity index (χ0v) is 16.1. The van der Waals surface area contributed by atoms with Crippen molar-refractivity contribution in [3.63, 3.8) is 0 Å². The minimum atomic E-state index is -5.03. The van der Waals surface area contributed by atoms with Crippen molar-refractivity contribution in [1.82, 2.24) is 0 Å². The maximum Gasteiger partial charge on any atom is 1.00 e. The third-order valence-corrected chi connectivity index (χ3v) is 4.36. The van der Waals surface area contributed by atoms with E-state index in [-0.39, 0.29) is 62.5 Å². The van der Waals surface area contributed by atoms with Crippen molar-refractivity contribution >= 4 is 27.4 Å². The zero-order valence-electron chi connectivity index (χ0n) is 12.2. The molecule has 0 N–H and O–H groups in total. The Morgan fingerprint density at radius 2 is 1.42 bits per heavy atom. The van der Waals surface area contributed by atoms with Gasteiger partial charge in [0.25, 0.3) is 5.69 Å². The Hall–Kier alpha value is -1.27. The average molecular weight is 371 g/mol. The predicted molar refractivity (Wildman–Crippen MR) is 74.4 cm³/mol. The molecule has 10 heteroatoms. The van der Waals surface area contributed by atoms with Crippen LogP contribution in [0.4, 0.5) is 5.69 Å². The van der Waals surface area contributed by atoms with E-state index in [1.165, 1.54) is 18.2 Å². The van der Waals surface area contributed by atoms with Gasteiger partial charge in [0, 0.05) is 17.2 Å². The average Bonchev–Trinajstić information content (AvgIpc) is 2.50. The number of carbonyl (C=O) groups excluding carboxylic acids is 2. The van der Waals surface area contributed by atoms with Crippen LogP contribution in [0.25, 0.3) is 0 Å². The normalized spacial score (nSPS) is 12.9. The summed E-state index contributed by atoms with van der Waals surface area (Å²) in [7, 11) is -5.03. The van der Waals surface area contributed by atoms with Gasteiger partial charge in [0.15, 0.2) is 5.78 Å². The minimum absolute atomic E-state index is 0. The van der Waals surface area contributed by atoms with Crippen molar-refractivity contribution in [2.24, 2.45) is 0 Å². The first-order valence-electron chi connectivity index (χ1n) is 6.19. The predicted octanol–water partition coefficient (Wildman–Crippen LogP) is -1.72. The van der Waals surface area contributed by atoms with Gasteiger partial charge in [-0.2, -0.15) is 0 Å². The Morgan fingerprint density at radius 3 is 1.96 bits per heavy atom. The third-order valence-electron chi connectivity index (χ3n) is 3.48. The van der Waals surface area contributed by atoms with E-state index in [1.807, 2.05) is 0 Å². The molecular weight excluding hydrogens is 365 g/mol. The summed E-state index contributed by atoms with van der Waals surface area (Å²) in [6.07, 6.45) is 0. The molecule has 0 amide bonds. The molecule has 0 bridgehead atoms. The molecule has 0 heterocycles. The molecule has 116 valence electrons. The molecule has 1 aliphatic carbocycles. The standard InChI is InChI=1S/C14H7NO7S.K/c16-13-7-3-1-5-9(15(18)19)11(7)14(17)12-8(13)4-2-6-10(12)23(20,21)22;/h1-6H,(H,20,21,22);/q;+1/p-1. The van der Waals surface area contributed by atoms with Crippen LogP contribution in [0.3, 0.4) is 0 Å². The molecule has 1 aliphatic rings. The van der Waals surface area contributed by atoms with Crippen LogP contribution in [0.2, 0.25) is 0 Å². The Morgan fingerprint density at radius 1 is 0.875 bits per heavy atom. The van der Waals surface area contributed by atoms with E-state index in [2.05, 4.69) is 0 Å². The Bertz CT molecular complexity index is 1010. The van der Waals surface area contributed by atoms with E-state index in [0.717, 1.165) is 18.2 Å². The molecule has 2 aromatic carbocycles. The van der Waals surface area contributed by atoms with Crippen LogP contribution in [0.1, 0.15) is 31.8 Å². The summed E-state index contributed by atoms with van der Waals surface area (Å²) in [6, 6.07) is 6.78. The number of benzene rings is 2. The minimum Gasteiger partial charge on any atom is -0.744 e. The maximum atomic E-state index is 12.6. The van der Waals surface area contributed by atoms with Crippen molar-refractivity contribution in [1.29, 1.82) is 0 Å². The molecule has 0 atom stereocenters. The number of hydrogen-bond acceptors (Lipinski definition) is 7. The monoisotopic (exact) mass is 371 g/mol. The summed E-state index contributed by atoms with van der Waals surface area (Å²) < 4.78 is 34.0. The number of carbonyl (C=O) groups is 2. The number of hydrogen-bond donors (Lipinski definition) is 0. The number of rotatable bonds is 2. The molecule has 0 fully saturated rings. The Balaban J connectivity index is 0.00000208. The smallest absolute Gasteiger partial charge is 0.744 e. The van der Waals surface area contributed by atoms with Crippen LogP contribution in [0, 0.1) is 10.1 Å². The van der Waals surface area contributed by atoms with Crippen molar-refractivity contribution in [3.05, 3.63) is 68.8 Å². The first-order chi connectivity index (χ1) is 10.7. The zero-order chi connectivity index (χ0) is 16.9. The van der Waals surface area contributed by atoms with E-state index in [9.17, 15) is 32.7 Å². The van der Waals surface area contributed by atoms with Gasteiger partial charge in [0.1, 0.15) is 15.7 Å². The second-order valence-electron chi connectivity index (χ2n) is 4.75. The number of nitrogens with zero attached hydrogens (tertiary/aromatic N) is 1. The summed E-state index contributed by atoms with van der Waals surface area (Å²) >= 11 is 0. The van der Waals surface area contributed by atoms with Crippen LogP contribution in [0.15, 0.2) is 41.3 Å². The van der Waals surface area contributed by atoms with E-state index in [0.29, 0.717) is 0 Å². The molecule has 24 heavy (non-hydrogen) atoms. The van der Waals surface area contributed by atoms with Gasteiger partial charge in [-0.25, -0.2) is 8.42 Å². The van der Waals surface area contributed by atoms with Crippen LogP contribution in [-0.2, 0) is 10.1 Å². The van der Waals surface area contributed by atoms with Crippen LogP contribution in [0.5, 0.6) is 0 Å². The van der Waals surface area contributed by atoms with Gasteiger partial charge in [-0.05, 0) is 12.1 Å². The first kappa shape index (κ1) is 19.1. The maximum absolute atomic E-state index is 12.6. The van der Waals surface area contributed by atoms with Gasteiger partial charge in [-0.1, -0.05) is 18.2 Å². The van der Waals surface area contributed by atoms with E-state index >= 15 is 0 Å². The van der Waals surface area contributed by atoms with E-state index < -0.39 is 48.3 Å². The SMILES string of the molecule is O=C1c2cccc([N+](=O)[O-])c2C(=O)c2c1cccc2S(=O)(=O)[O-].[K+].